The third-order valence-corrected chi connectivity index (χ3v) is 6.59. The van der Waals surface area contributed by atoms with E-state index in [1.807, 2.05) is 26.2 Å². The quantitative estimate of drug-likeness (QED) is 0.362. The molecule has 10 nitrogen and oxygen atoms in total. The van der Waals surface area contributed by atoms with Gasteiger partial charge in [-0.15, -0.1) is 0 Å². The maximum Gasteiger partial charge on any atom is 0.229 e. The summed E-state index contributed by atoms with van der Waals surface area (Å²) in [4.78, 5) is 9.24. The Labute approximate surface area is 195 Å². The van der Waals surface area contributed by atoms with Gasteiger partial charge in [-0.3, -0.25) is 9.78 Å². The van der Waals surface area contributed by atoms with Crippen molar-refractivity contribution < 1.29 is 12.8 Å². The Morgan fingerprint density at radius 3 is 2.56 bits per heavy atom. The number of rotatable bonds is 7. The van der Waals surface area contributed by atoms with Crippen LogP contribution in [0.3, 0.4) is 0 Å². The predicted molar refractivity (Wildman–Crippen MR) is 126 cm³/mol. The summed E-state index contributed by atoms with van der Waals surface area (Å²) in [7, 11) is -1.71. The van der Waals surface area contributed by atoms with Gasteiger partial charge in [0.1, 0.15) is 11.6 Å². The van der Waals surface area contributed by atoms with Crippen molar-refractivity contribution in [2.75, 3.05) is 16.9 Å². The van der Waals surface area contributed by atoms with E-state index < -0.39 is 15.7 Å². The van der Waals surface area contributed by atoms with Gasteiger partial charge in [-0.25, -0.2) is 17.8 Å². The standard InChI is InChI=1S/C22H23FN8O2S/c1-12-8-18(30-29-12)26-21-19(13-4-5-13)20(14-10-24-31(2)11-14)27-22(28-21)25-17-7-6-15(9-16(17)23)34(3,32)33/h6-11,13H,4-5H2,1-3H3,(H3,25,26,27,28,29,30). The molecule has 1 saturated carbocycles. The molecule has 0 bridgehead atoms. The van der Waals surface area contributed by atoms with Gasteiger partial charge in [0.2, 0.25) is 5.95 Å². The minimum atomic E-state index is -3.53. The van der Waals surface area contributed by atoms with Gasteiger partial charge < -0.3 is 10.6 Å². The Balaban J connectivity index is 1.60. The van der Waals surface area contributed by atoms with Crippen LogP contribution in [0.1, 0.15) is 30.0 Å². The largest absolute Gasteiger partial charge is 0.323 e. The van der Waals surface area contributed by atoms with Crippen LogP contribution in [0.5, 0.6) is 0 Å². The van der Waals surface area contributed by atoms with E-state index in [4.69, 9.17) is 4.98 Å². The molecule has 3 heterocycles. The molecule has 1 aliphatic carbocycles. The van der Waals surface area contributed by atoms with E-state index in [1.54, 1.807) is 10.9 Å². The number of sulfone groups is 1. The van der Waals surface area contributed by atoms with Crippen LogP contribution < -0.4 is 10.6 Å². The maximum atomic E-state index is 14.7. The normalized spacial score (nSPS) is 13.8. The number of halogens is 1. The third kappa shape index (κ3) is 4.49. The molecule has 34 heavy (non-hydrogen) atoms. The summed E-state index contributed by atoms with van der Waals surface area (Å²) in [6, 6.07) is 5.54. The van der Waals surface area contributed by atoms with Gasteiger partial charge in [0.25, 0.3) is 0 Å². The first-order valence-electron chi connectivity index (χ1n) is 10.6. The summed E-state index contributed by atoms with van der Waals surface area (Å²) < 4.78 is 39.9. The van der Waals surface area contributed by atoms with Gasteiger partial charge in [-0.05, 0) is 43.9 Å². The van der Waals surface area contributed by atoms with Crippen LogP contribution >= 0.6 is 0 Å². The van der Waals surface area contributed by atoms with E-state index in [9.17, 15) is 12.8 Å². The molecular formula is C22H23FN8O2S. The first kappa shape index (κ1) is 22.0. The van der Waals surface area contributed by atoms with Gasteiger partial charge >= 0.3 is 0 Å². The predicted octanol–water partition coefficient (Wildman–Crippen LogP) is 3.82. The Kier molecular flexibility index (Phi) is 5.31. The second kappa shape index (κ2) is 8.20. The molecule has 12 heteroatoms. The minimum Gasteiger partial charge on any atom is -0.323 e. The van der Waals surface area contributed by atoms with Crippen LogP contribution in [0.25, 0.3) is 11.3 Å². The van der Waals surface area contributed by atoms with Crippen molar-refractivity contribution in [2.45, 2.75) is 30.6 Å². The molecule has 0 aliphatic heterocycles. The molecule has 4 aromatic rings. The molecule has 176 valence electrons. The number of aryl methyl sites for hydroxylation is 2. The molecular weight excluding hydrogens is 459 g/mol. The molecule has 1 fully saturated rings. The van der Waals surface area contributed by atoms with E-state index >= 15 is 0 Å². The Morgan fingerprint density at radius 1 is 1.18 bits per heavy atom. The van der Waals surface area contributed by atoms with E-state index in [0.29, 0.717) is 17.3 Å². The molecule has 3 N–H and O–H groups in total. The number of hydrogen-bond donors (Lipinski definition) is 3. The first-order valence-corrected chi connectivity index (χ1v) is 12.5. The van der Waals surface area contributed by atoms with Crippen molar-refractivity contribution in [3.8, 4) is 11.3 Å². The SMILES string of the molecule is Cc1cc(Nc2nc(Nc3ccc(S(C)(=O)=O)cc3F)nc(-c3cnn(C)c3)c2C2CC2)n[nH]1. The van der Waals surface area contributed by atoms with Crippen LogP contribution in [-0.4, -0.2) is 44.6 Å². The summed E-state index contributed by atoms with van der Waals surface area (Å²) in [6.45, 7) is 1.90. The second-order valence-electron chi connectivity index (χ2n) is 8.44. The topological polar surface area (TPSA) is 130 Å². The van der Waals surface area contributed by atoms with Gasteiger partial charge in [0.05, 0.1) is 22.5 Å². The van der Waals surface area contributed by atoms with Gasteiger partial charge in [-0.1, -0.05) is 0 Å². The van der Waals surface area contributed by atoms with E-state index in [1.165, 1.54) is 12.1 Å². The number of aromatic amines is 1. The molecule has 0 amide bonds. The van der Waals surface area contributed by atoms with Crippen molar-refractivity contribution in [3.05, 3.63) is 53.7 Å². The zero-order valence-corrected chi connectivity index (χ0v) is 19.6. The molecule has 1 aliphatic rings. The number of nitrogens with one attached hydrogen (secondary N) is 3. The summed E-state index contributed by atoms with van der Waals surface area (Å²) in [5.74, 6) is 0.892. The van der Waals surface area contributed by atoms with Gasteiger partial charge in [-0.2, -0.15) is 15.2 Å². The number of H-pyrrole nitrogens is 1. The smallest absolute Gasteiger partial charge is 0.229 e. The van der Waals surface area contributed by atoms with Crippen LogP contribution in [0, 0.1) is 12.7 Å². The summed E-state index contributed by atoms with van der Waals surface area (Å²) in [5.41, 5.74) is 3.40. The second-order valence-corrected chi connectivity index (χ2v) is 10.5. The molecule has 1 aromatic carbocycles. The van der Waals surface area contributed by atoms with E-state index in [-0.39, 0.29) is 22.4 Å². The monoisotopic (exact) mass is 482 g/mol. The Morgan fingerprint density at radius 2 is 1.97 bits per heavy atom. The van der Waals surface area contributed by atoms with Crippen LogP contribution in [0.4, 0.5) is 27.7 Å². The van der Waals surface area contributed by atoms with Crippen LogP contribution in [-0.2, 0) is 16.9 Å². The fraction of sp³-hybridized carbons (Fsp3) is 0.273. The Hall–Kier alpha value is -3.80. The molecule has 0 unspecified atom stereocenters. The summed E-state index contributed by atoms with van der Waals surface area (Å²) in [6.07, 6.45) is 6.64. The molecule has 3 aromatic heterocycles. The average molecular weight is 483 g/mol. The Bertz CT molecular complexity index is 1490. The van der Waals surface area contributed by atoms with Crippen molar-refractivity contribution in [2.24, 2.45) is 7.05 Å². The average Bonchev–Trinajstić information content (AvgIpc) is 3.38. The van der Waals surface area contributed by atoms with Crippen molar-refractivity contribution in [1.82, 2.24) is 29.9 Å². The zero-order valence-electron chi connectivity index (χ0n) is 18.8. The highest BCUT2D eigenvalue weighted by molar-refractivity contribution is 7.90. The number of aromatic nitrogens is 6. The lowest BCUT2D eigenvalue weighted by Crippen LogP contribution is -2.08. The molecule has 0 saturated heterocycles. The summed E-state index contributed by atoms with van der Waals surface area (Å²) in [5, 5.41) is 17.6. The highest BCUT2D eigenvalue weighted by Crippen LogP contribution is 2.47. The molecule has 0 atom stereocenters. The maximum absolute atomic E-state index is 14.7. The number of benzene rings is 1. The van der Waals surface area contributed by atoms with E-state index in [0.717, 1.165) is 42.0 Å². The lowest BCUT2D eigenvalue weighted by Gasteiger charge is -2.16. The fourth-order valence-electron chi connectivity index (χ4n) is 3.69. The molecule has 0 spiro atoms. The lowest BCUT2D eigenvalue weighted by molar-refractivity contribution is 0.596. The van der Waals surface area contributed by atoms with Crippen LogP contribution in [0.2, 0.25) is 0 Å². The van der Waals surface area contributed by atoms with Gasteiger partial charge in [0.15, 0.2) is 15.7 Å². The van der Waals surface area contributed by atoms with Crippen molar-refractivity contribution in [1.29, 1.82) is 0 Å². The van der Waals surface area contributed by atoms with Gasteiger partial charge in [0, 0.05) is 42.4 Å². The third-order valence-electron chi connectivity index (χ3n) is 5.48. The zero-order chi connectivity index (χ0) is 24.0. The summed E-state index contributed by atoms with van der Waals surface area (Å²) >= 11 is 0. The molecule has 0 radical (unpaired) electrons. The first-order chi connectivity index (χ1) is 16.2. The number of anilines is 4. The lowest BCUT2D eigenvalue weighted by atomic mass is 10.1. The van der Waals surface area contributed by atoms with E-state index in [2.05, 4.69) is 30.9 Å². The van der Waals surface area contributed by atoms with Crippen LogP contribution in [0.15, 0.2) is 41.6 Å². The molecule has 5 rings (SSSR count). The number of nitrogens with zero attached hydrogens (tertiary/aromatic N) is 5. The van der Waals surface area contributed by atoms with Crippen molar-refractivity contribution >= 4 is 33.1 Å². The fourth-order valence-corrected chi connectivity index (χ4v) is 4.33. The minimum absolute atomic E-state index is 0.0604. The highest BCUT2D eigenvalue weighted by atomic mass is 32.2. The van der Waals surface area contributed by atoms with Crippen molar-refractivity contribution in [3.63, 3.8) is 0 Å². The number of hydrogen-bond acceptors (Lipinski definition) is 8. The highest BCUT2D eigenvalue weighted by Gasteiger charge is 2.32.